The first kappa shape index (κ1) is 22.5. The number of isocyanates is 3. The molecule has 7 nitrogen and oxygen atoms in total. The average molecular weight is 175 g/mol. The molecule has 0 saturated heterocycles. The smallest absolute Gasteiger partial charge is 0.231 e. The molecule has 0 aromatic heterocycles. The van der Waals surface area contributed by atoms with E-state index in [1.807, 2.05) is 0 Å². The zero-order chi connectivity index (χ0) is 10.8. The summed E-state index contributed by atoms with van der Waals surface area (Å²) in [6.07, 6.45) is 2.25. The molecular formula is C5H9N3O4. The Labute approximate surface area is 68.6 Å². The van der Waals surface area contributed by atoms with Crippen LogP contribution >= 0.6 is 0 Å². The number of hydrogen-bond donors (Lipinski definition) is 4. The van der Waals surface area contributed by atoms with E-state index in [0.717, 1.165) is 18.2 Å². The summed E-state index contributed by atoms with van der Waals surface area (Å²) in [7, 11) is 0. The lowest BCUT2D eigenvalue weighted by Gasteiger charge is -1.52. The molecule has 0 unspecified atom stereocenters. The van der Waals surface area contributed by atoms with Crippen molar-refractivity contribution in [2.24, 2.45) is 0 Å². The maximum absolute atomic E-state index is 8.35. The van der Waals surface area contributed by atoms with Crippen LogP contribution < -0.4 is 0 Å². The van der Waals surface area contributed by atoms with Gasteiger partial charge in [-0.3, -0.25) is 0 Å². The number of aliphatic hydroxyl groups excluding tert-OH is 1. The zero-order valence-corrected chi connectivity index (χ0v) is 6.38. The van der Waals surface area contributed by atoms with Crippen molar-refractivity contribution in [1.82, 2.24) is 0 Å². The van der Waals surface area contributed by atoms with Gasteiger partial charge in [-0.15, -0.1) is 0 Å². The van der Waals surface area contributed by atoms with Gasteiger partial charge >= 0.3 is 0 Å². The van der Waals surface area contributed by atoms with Crippen molar-refractivity contribution < 1.29 is 19.5 Å². The van der Waals surface area contributed by atoms with E-state index in [-0.39, 0.29) is 6.61 Å². The van der Waals surface area contributed by atoms with Gasteiger partial charge in [0.05, 0.1) is 0 Å². The Bertz CT molecular complexity index is 122. The summed E-state index contributed by atoms with van der Waals surface area (Å²) in [5, 5.41) is 23.8. The van der Waals surface area contributed by atoms with Crippen LogP contribution in [0.3, 0.4) is 0 Å². The van der Waals surface area contributed by atoms with E-state index in [0.29, 0.717) is 0 Å². The molecule has 12 heavy (non-hydrogen) atoms. The van der Waals surface area contributed by atoms with Gasteiger partial charge in [0.15, 0.2) is 0 Å². The first-order valence-corrected chi connectivity index (χ1v) is 2.39. The van der Waals surface area contributed by atoms with Crippen LogP contribution in [0.2, 0.25) is 0 Å². The van der Waals surface area contributed by atoms with E-state index in [9.17, 15) is 0 Å². The van der Waals surface area contributed by atoms with Crippen molar-refractivity contribution in [3.8, 4) is 0 Å². The van der Waals surface area contributed by atoms with Gasteiger partial charge in [-0.2, -0.15) is 0 Å². The Morgan fingerprint density at radius 2 is 1.00 bits per heavy atom. The van der Waals surface area contributed by atoms with E-state index in [4.69, 9.17) is 35.7 Å². The fraction of sp³-hybridized carbons (Fsp3) is 0.400. The predicted molar refractivity (Wildman–Crippen MR) is 38.0 cm³/mol. The summed E-state index contributed by atoms with van der Waals surface area (Å²) in [6.45, 7) is 1.93. The molecular weight excluding hydrogens is 166 g/mol. The maximum Gasteiger partial charge on any atom is 0.231 e. The van der Waals surface area contributed by atoms with Gasteiger partial charge < -0.3 is 5.11 Å². The Morgan fingerprint density at radius 3 is 1.00 bits per heavy atom. The topological polar surface area (TPSA) is 143 Å². The van der Waals surface area contributed by atoms with Crippen LogP contribution in [0.1, 0.15) is 6.92 Å². The fourth-order valence-electron chi connectivity index (χ4n) is 0. The molecule has 0 bridgehead atoms. The summed E-state index contributed by atoms with van der Waals surface area (Å²) in [5.41, 5.74) is 0. The van der Waals surface area contributed by atoms with Gasteiger partial charge in [-0.25, -0.2) is 30.6 Å². The molecule has 0 aliphatic heterocycles. The highest BCUT2D eigenvalue weighted by atomic mass is 16.2. The third kappa shape index (κ3) is 113. The van der Waals surface area contributed by atoms with Crippen LogP contribution in [0.4, 0.5) is 0 Å². The summed E-state index contributed by atoms with van der Waals surface area (Å²) >= 11 is 0. The number of aliphatic hydroxyl groups is 1. The molecule has 0 aromatic rings. The number of rotatable bonds is 0. The van der Waals surface area contributed by atoms with Crippen molar-refractivity contribution in [3.63, 3.8) is 0 Å². The normalized spacial score (nSPS) is 3.50. The average Bonchev–Trinajstić information content (AvgIpc) is 1.92. The minimum Gasteiger partial charge on any atom is -0.397 e. The molecule has 0 radical (unpaired) electrons. The number of hydrogen-bond acceptors (Lipinski definition) is 7. The van der Waals surface area contributed by atoms with Crippen molar-refractivity contribution in [1.29, 1.82) is 16.2 Å². The fourth-order valence-corrected chi connectivity index (χ4v) is 0. The lowest BCUT2D eigenvalue weighted by atomic mass is 10.9. The van der Waals surface area contributed by atoms with Crippen molar-refractivity contribution >= 4 is 18.2 Å². The quantitative estimate of drug-likeness (QED) is 0.296. The summed E-state index contributed by atoms with van der Waals surface area (Å²) < 4.78 is 0. The van der Waals surface area contributed by atoms with Crippen LogP contribution in [-0.2, 0) is 14.4 Å². The highest BCUT2D eigenvalue weighted by Crippen LogP contribution is 1.30. The second-order valence-corrected chi connectivity index (χ2v) is 0.622. The van der Waals surface area contributed by atoms with E-state index >= 15 is 0 Å². The van der Waals surface area contributed by atoms with Crippen molar-refractivity contribution in [2.45, 2.75) is 6.92 Å². The van der Waals surface area contributed by atoms with Crippen LogP contribution in [0.25, 0.3) is 0 Å². The van der Waals surface area contributed by atoms with Crippen LogP contribution in [0.5, 0.6) is 0 Å². The summed E-state index contributed by atoms with van der Waals surface area (Å²) in [5.74, 6) is 0. The van der Waals surface area contributed by atoms with Gasteiger partial charge in [0, 0.05) is 6.61 Å². The van der Waals surface area contributed by atoms with Crippen LogP contribution in [0.15, 0.2) is 0 Å². The molecule has 7 heteroatoms. The summed E-state index contributed by atoms with van der Waals surface area (Å²) in [4.78, 5) is 25.0. The molecule has 0 aliphatic rings. The van der Waals surface area contributed by atoms with Gasteiger partial charge in [0.2, 0.25) is 18.2 Å². The highest BCUT2D eigenvalue weighted by molar-refractivity contribution is 5.26. The lowest BCUT2D eigenvalue weighted by molar-refractivity contribution is 0.318. The first-order valence-electron chi connectivity index (χ1n) is 2.39. The van der Waals surface area contributed by atoms with Gasteiger partial charge in [0.1, 0.15) is 0 Å². The number of carbonyl (C=O) groups excluding carboxylic acids is 3. The first-order chi connectivity index (χ1) is 5.66. The van der Waals surface area contributed by atoms with E-state index < -0.39 is 0 Å². The third-order valence-corrected chi connectivity index (χ3v) is 0. The zero-order valence-electron chi connectivity index (χ0n) is 6.38. The second kappa shape index (κ2) is 135. The van der Waals surface area contributed by atoms with E-state index in [1.54, 1.807) is 6.92 Å². The molecule has 0 heterocycles. The number of nitrogens with one attached hydrogen (secondary N) is 3. The second-order valence-electron chi connectivity index (χ2n) is 0.622. The highest BCUT2D eigenvalue weighted by Gasteiger charge is 1.34. The molecule has 68 valence electrons. The maximum atomic E-state index is 8.35. The Kier molecular flexibility index (Phi) is 254. The molecule has 0 amide bonds. The molecule has 0 saturated carbocycles. The minimum atomic E-state index is 0.250. The molecule has 4 N–H and O–H groups in total. The van der Waals surface area contributed by atoms with E-state index in [1.165, 1.54) is 0 Å². The predicted octanol–water partition coefficient (Wildman–Crippen LogP) is -0.298. The molecule has 0 rings (SSSR count). The molecule has 0 spiro atoms. The molecule has 0 atom stereocenters. The third-order valence-electron chi connectivity index (χ3n) is 0. The SMILES string of the molecule is CCO.N=C=O.N=C=O.N=C=O. The van der Waals surface area contributed by atoms with Crippen molar-refractivity contribution in [2.75, 3.05) is 6.61 Å². The molecule has 0 aliphatic carbocycles. The van der Waals surface area contributed by atoms with Crippen LogP contribution in [0, 0.1) is 16.2 Å². The Morgan fingerprint density at radius 1 is 1.00 bits per heavy atom. The Balaban J connectivity index is -0.0000000356. The van der Waals surface area contributed by atoms with Crippen LogP contribution in [-0.4, -0.2) is 30.0 Å². The van der Waals surface area contributed by atoms with Gasteiger partial charge in [-0.05, 0) is 6.92 Å². The molecule has 0 aromatic carbocycles. The lowest BCUT2D eigenvalue weighted by Crippen LogP contribution is -1.57. The monoisotopic (exact) mass is 175 g/mol. The summed E-state index contributed by atoms with van der Waals surface area (Å²) in [6, 6.07) is 0. The largest absolute Gasteiger partial charge is 0.397 e. The van der Waals surface area contributed by atoms with Gasteiger partial charge in [-0.1, -0.05) is 0 Å². The van der Waals surface area contributed by atoms with E-state index in [2.05, 4.69) is 0 Å². The minimum absolute atomic E-state index is 0.250. The van der Waals surface area contributed by atoms with Gasteiger partial charge in [0.25, 0.3) is 0 Å². The van der Waals surface area contributed by atoms with Crippen molar-refractivity contribution in [3.05, 3.63) is 0 Å². The standard InChI is InChI=1S/C2H6O.3CHNO/c1-2-3;3*2-1-3/h3H,2H2,1H3;3*2H. The molecule has 0 fully saturated rings. The Hall–Kier alpha value is -1.90.